The van der Waals surface area contributed by atoms with E-state index in [1.807, 2.05) is 23.8 Å². The van der Waals surface area contributed by atoms with Crippen LogP contribution in [-0.4, -0.2) is 34.5 Å². The van der Waals surface area contributed by atoms with E-state index in [4.69, 9.17) is 5.11 Å². The van der Waals surface area contributed by atoms with Crippen LogP contribution in [0.2, 0.25) is 0 Å². The Morgan fingerprint density at radius 2 is 1.94 bits per heavy atom. The Morgan fingerprint density at radius 3 is 2.61 bits per heavy atom. The van der Waals surface area contributed by atoms with Gasteiger partial charge in [0.2, 0.25) is 5.91 Å². The summed E-state index contributed by atoms with van der Waals surface area (Å²) in [7, 11) is 1.57. The number of carbonyl (C=O) groups excluding carboxylic acids is 2. The highest BCUT2D eigenvalue weighted by molar-refractivity contribution is 6.00. The predicted octanol–water partition coefficient (Wildman–Crippen LogP) is 3.79. The van der Waals surface area contributed by atoms with Crippen molar-refractivity contribution in [2.75, 3.05) is 12.4 Å². The van der Waals surface area contributed by atoms with E-state index in [0.717, 1.165) is 22.0 Å². The number of amides is 2. The maximum absolute atomic E-state index is 13.2. The van der Waals surface area contributed by atoms with Gasteiger partial charge in [0, 0.05) is 41.8 Å². The fourth-order valence-corrected chi connectivity index (χ4v) is 3.81. The van der Waals surface area contributed by atoms with E-state index in [1.54, 1.807) is 44.3 Å². The number of aromatic nitrogens is 1. The highest BCUT2D eigenvalue weighted by Crippen LogP contribution is 2.27. The molecule has 1 aromatic heterocycles. The number of rotatable bonds is 8. The van der Waals surface area contributed by atoms with Gasteiger partial charge in [0.1, 0.15) is 6.04 Å². The van der Waals surface area contributed by atoms with Gasteiger partial charge in [-0.2, -0.15) is 5.26 Å². The summed E-state index contributed by atoms with van der Waals surface area (Å²) in [5.74, 6) is -1.38. The summed E-state index contributed by atoms with van der Waals surface area (Å²) in [4.78, 5) is 36.1. The van der Waals surface area contributed by atoms with Crippen molar-refractivity contribution in [1.82, 2.24) is 9.88 Å². The second-order valence-electron chi connectivity index (χ2n) is 7.93. The molecule has 8 nitrogen and oxygen atoms in total. The van der Waals surface area contributed by atoms with E-state index in [9.17, 15) is 19.6 Å². The minimum absolute atomic E-state index is 0.0199. The maximum Gasteiger partial charge on any atom is 0.303 e. The van der Waals surface area contributed by atoms with Gasteiger partial charge in [0.15, 0.2) is 0 Å². The van der Waals surface area contributed by atoms with Crippen molar-refractivity contribution in [3.8, 4) is 6.07 Å². The van der Waals surface area contributed by atoms with Crippen LogP contribution in [-0.2, 0) is 16.0 Å². The Morgan fingerprint density at radius 1 is 1.18 bits per heavy atom. The van der Waals surface area contributed by atoms with Gasteiger partial charge in [0.05, 0.1) is 11.6 Å². The fourth-order valence-electron chi connectivity index (χ4n) is 3.81. The summed E-state index contributed by atoms with van der Waals surface area (Å²) < 4.78 is 1.82. The maximum atomic E-state index is 13.2. The Balaban J connectivity index is 1.90. The largest absolute Gasteiger partial charge is 0.481 e. The number of carboxylic acids is 1. The molecule has 0 aliphatic rings. The van der Waals surface area contributed by atoms with Crippen LogP contribution in [0.4, 0.5) is 5.69 Å². The van der Waals surface area contributed by atoms with Gasteiger partial charge in [-0.15, -0.1) is 0 Å². The van der Waals surface area contributed by atoms with Gasteiger partial charge in [0.25, 0.3) is 5.91 Å². The molecule has 0 bridgehead atoms. The van der Waals surface area contributed by atoms with E-state index in [-0.39, 0.29) is 18.2 Å². The molecule has 170 valence electrons. The smallest absolute Gasteiger partial charge is 0.303 e. The molecule has 8 heteroatoms. The molecule has 0 saturated heterocycles. The van der Waals surface area contributed by atoms with Crippen molar-refractivity contribution < 1.29 is 19.5 Å². The van der Waals surface area contributed by atoms with E-state index >= 15 is 0 Å². The van der Waals surface area contributed by atoms with Crippen LogP contribution in [0.1, 0.15) is 52.9 Å². The van der Waals surface area contributed by atoms with E-state index < -0.39 is 12.0 Å². The normalized spacial score (nSPS) is 11.6. The minimum Gasteiger partial charge on any atom is -0.481 e. The van der Waals surface area contributed by atoms with Crippen molar-refractivity contribution in [2.45, 2.75) is 39.2 Å². The summed E-state index contributed by atoms with van der Waals surface area (Å²) in [5.41, 5.74) is 3.91. The van der Waals surface area contributed by atoms with Gasteiger partial charge in [-0.25, -0.2) is 0 Å². The molecule has 0 radical (unpaired) electrons. The molecule has 0 aliphatic carbocycles. The lowest BCUT2D eigenvalue weighted by Crippen LogP contribution is -2.24. The van der Waals surface area contributed by atoms with Crippen LogP contribution < -0.4 is 10.6 Å². The number of anilines is 1. The van der Waals surface area contributed by atoms with Crippen LogP contribution in [0.15, 0.2) is 42.6 Å². The number of fused-ring (bicyclic) bond motifs is 1. The summed E-state index contributed by atoms with van der Waals surface area (Å²) in [6.07, 6.45) is 2.78. The predicted molar refractivity (Wildman–Crippen MR) is 125 cm³/mol. The molecule has 3 aromatic rings. The number of benzene rings is 2. The van der Waals surface area contributed by atoms with E-state index in [1.165, 1.54) is 0 Å². The Labute approximate surface area is 191 Å². The number of hydrogen-bond acceptors (Lipinski definition) is 4. The van der Waals surface area contributed by atoms with E-state index in [0.29, 0.717) is 29.7 Å². The first-order valence-electron chi connectivity index (χ1n) is 10.6. The monoisotopic (exact) mass is 446 g/mol. The highest BCUT2D eigenvalue weighted by atomic mass is 16.4. The van der Waals surface area contributed by atoms with Crippen LogP contribution in [0.5, 0.6) is 0 Å². The lowest BCUT2D eigenvalue weighted by atomic mass is 10.0. The first kappa shape index (κ1) is 23.5. The van der Waals surface area contributed by atoms with Gasteiger partial charge in [-0.3, -0.25) is 14.4 Å². The summed E-state index contributed by atoms with van der Waals surface area (Å²) in [5, 5.41) is 24.6. The van der Waals surface area contributed by atoms with Gasteiger partial charge in [-0.05, 0) is 62.1 Å². The molecular weight excluding hydrogens is 420 g/mol. The summed E-state index contributed by atoms with van der Waals surface area (Å²) in [6.45, 7) is 3.71. The van der Waals surface area contributed by atoms with Crippen molar-refractivity contribution in [2.24, 2.45) is 0 Å². The first-order chi connectivity index (χ1) is 15.7. The second-order valence-corrected chi connectivity index (χ2v) is 7.93. The Bertz CT molecular complexity index is 1270. The lowest BCUT2D eigenvalue weighted by molar-refractivity contribution is -0.137. The SMILES string of the molecule is CNC(=O)c1ccc2c(C)cn(C(C)C(=O)Nc3cc(C#N)ccc3CCCC(=O)O)c2c1. The number of carbonyl (C=O) groups is 3. The number of nitriles is 1. The number of carboxylic acid groups (broad SMARTS) is 1. The number of hydrogen-bond donors (Lipinski definition) is 3. The lowest BCUT2D eigenvalue weighted by Gasteiger charge is -2.18. The minimum atomic E-state index is -0.881. The van der Waals surface area contributed by atoms with Gasteiger partial charge in [-0.1, -0.05) is 12.1 Å². The van der Waals surface area contributed by atoms with Gasteiger partial charge >= 0.3 is 5.97 Å². The zero-order chi connectivity index (χ0) is 24.1. The van der Waals surface area contributed by atoms with Crippen molar-refractivity contribution >= 4 is 34.4 Å². The first-order valence-corrected chi connectivity index (χ1v) is 10.6. The molecule has 3 N–H and O–H groups in total. The number of nitrogens with zero attached hydrogens (tertiary/aromatic N) is 2. The number of nitrogens with one attached hydrogen (secondary N) is 2. The molecule has 2 aromatic carbocycles. The second kappa shape index (κ2) is 10.0. The third kappa shape index (κ3) is 5.21. The van der Waals surface area contributed by atoms with Crippen LogP contribution in [0.25, 0.3) is 10.9 Å². The number of aliphatic carboxylic acids is 1. The molecule has 33 heavy (non-hydrogen) atoms. The highest BCUT2D eigenvalue weighted by Gasteiger charge is 2.20. The standard InChI is InChI=1S/C25H26N4O4/c1-15-14-29(22-12-19(25(33)27-3)9-10-20(15)22)16(2)24(32)28-21-11-17(13-26)7-8-18(21)5-4-6-23(30)31/h7-12,14,16H,4-6H2,1-3H3,(H,27,33)(H,28,32)(H,30,31). The third-order valence-corrected chi connectivity index (χ3v) is 5.65. The zero-order valence-corrected chi connectivity index (χ0v) is 18.8. The third-order valence-electron chi connectivity index (χ3n) is 5.65. The van der Waals surface area contributed by atoms with Crippen LogP contribution in [0, 0.1) is 18.3 Å². The average molecular weight is 447 g/mol. The summed E-state index contributed by atoms with van der Waals surface area (Å²) >= 11 is 0. The molecule has 0 aliphatic heterocycles. The van der Waals surface area contributed by atoms with E-state index in [2.05, 4.69) is 16.7 Å². The molecular formula is C25H26N4O4. The van der Waals surface area contributed by atoms with Crippen molar-refractivity contribution in [3.63, 3.8) is 0 Å². The van der Waals surface area contributed by atoms with Crippen molar-refractivity contribution in [3.05, 3.63) is 64.8 Å². The fraction of sp³-hybridized carbons (Fsp3) is 0.280. The molecule has 2 amide bonds. The van der Waals surface area contributed by atoms with Crippen LogP contribution in [0.3, 0.4) is 0 Å². The Kier molecular flexibility index (Phi) is 7.13. The molecule has 0 saturated carbocycles. The molecule has 1 unspecified atom stereocenters. The average Bonchev–Trinajstić information content (AvgIpc) is 3.14. The molecule has 3 rings (SSSR count). The molecule has 0 spiro atoms. The molecule has 0 fully saturated rings. The number of aryl methyl sites for hydroxylation is 2. The zero-order valence-electron chi connectivity index (χ0n) is 18.8. The quantitative estimate of drug-likeness (QED) is 0.486. The van der Waals surface area contributed by atoms with Crippen LogP contribution >= 0.6 is 0 Å². The molecule has 1 heterocycles. The Hall–Kier alpha value is -4.12. The topological polar surface area (TPSA) is 124 Å². The molecule has 1 atom stereocenters. The van der Waals surface area contributed by atoms with Crippen molar-refractivity contribution in [1.29, 1.82) is 5.26 Å². The van der Waals surface area contributed by atoms with Gasteiger partial charge < -0.3 is 20.3 Å². The summed E-state index contributed by atoms with van der Waals surface area (Å²) in [6, 6.07) is 11.8.